The van der Waals surface area contributed by atoms with Gasteiger partial charge in [0.05, 0.1) is 19.3 Å². The van der Waals surface area contributed by atoms with Crippen LogP contribution in [0.3, 0.4) is 0 Å². The van der Waals surface area contributed by atoms with Gasteiger partial charge in [-0.1, -0.05) is 12.1 Å². The normalized spacial score (nSPS) is 13.9. The van der Waals surface area contributed by atoms with E-state index in [4.69, 9.17) is 9.84 Å². The summed E-state index contributed by atoms with van der Waals surface area (Å²) in [6.07, 6.45) is -0.249. The number of nitrogens with zero attached hydrogens (tertiary/aromatic N) is 3. The molecule has 2 heterocycles. The monoisotopic (exact) mass is 413 g/mol. The Kier molecular flexibility index (Phi) is 3.98. The molecule has 7 heteroatoms. The topological polar surface area (TPSA) is 67.6 Å². The summed E-state index contributed by atoms with van der Waals surface area (Å²) in [6, 6.07) is 5.86. The molecule has 0 saturated heterocycles. The maximum Gasteiger partial charge on any atom is 0.407 e. The zero-order chi connectivity index (χ0) is 15.9. The van der Waals surface area contributed by atoms with Gasteiger partial charge in [0.2, 0.25) is 0 Å². The predicted molar refractivity (Wildman–Crippen MR) is 89.7 cm³/mol. The summed E-state index contributed by atoms with van der Waals surface area (Å²) in [6.45, 7) is 2.88. The number of hydrogen-bond acceptors (Lipinski definition) is 3. The summed E-state index contributed by atoms with van der Waals surface area (Å²) in [4.78, 5) is 12.6. The second kappa shape index (κ2) is 5.79. The Labute approximate surface area is 141 Å². The summed E-state index contributed by atoms with van der Waals surface area (Å²) >= 11 is 2.23. The molecule has 1 aromatic heterocycles. The van der Waals surface area contributed by atoms with Crippen molar-refractivity contribution < 1.29 is 14.6 Å². The Balaban J connectivity index is 2.11. The fourth-order valence-corrected chi connectivity index (χ4v) is 3.55. The smallest absolute Gasteiger partial charge is 0.407 e. The molecule has 0 fully saturated rings. The van der Waals surface area contributed by atoms with Crippen LogP contribution in [-0.4, -0.2) is 39.5 Å². The minimum Gasteiger partial charge on any atom is -0.494 e. The SMILES string of the molecule is COc1cccc(C)c1-n1nc2c(c1I)CN(C(=O)O)CC2. The summed E-state index contributed by atoms with van der Waals surface area (Å²) in [5.74, 6) is 0.757. The van der Waals surface area contributed by atoms with Crippen LogP contribution in [0.4, 0.5) is 4.79 Å². The Morgan fingerprint density at radius 1 is 1.45 bits per heavy atom. The quantitative estimate of drug-likeness (QED) is 0.770. The van der Waals surface area contributed by atoms with Gasteiger partial charge in [-0.25, -0.2) is 9.48 Å². The molecule has 1 aliphatic rings. The third-order valence-electron chi connectivity index (χ3n) is 3.87. The summed E-state index contributed by atoms with van der Waals surface area (Å²) in [5.41, 5.74) is 3.92. The number of methoxy groups -OCH3 is 1. The van der Waals surface area contributed by atoms with Crippen LogP contribution >= 0.6 is 22.6 Å². The molecule has 0 spiro atoms. The minimum atomic E-state index is -0.886. The Hall–Kier alpha value is -1.77. The van der Waals surface area contributed by atoms with Crippen molar-refractivity contribution in [3.05, 3.63) is 38.7 Å². The van der Waals surface area contributed by atoms with Crippen LogP contribution in [0.1, 0.15) is 16.8 Å². The molecule has 1 aliphatic heterocycles. The van der Waals surface area contributed by atoms with Gasteiger partial charge in [-0.3, -0.25) is 0 Å². The highest BCUT2D eigenvalue weighted by Gasteiger charge is 2.27. The van der Waals surface area contributed by atoms with Crippen molar-refractivity contribution in [2.75, 3.05) is 13.7 Å². The first-order chi connectivity index (χ1) is 10.5. The van der Waals surface area contributed by atoms with Gasteiger partial charge < -0.3 is 14.7 Å². The highest BCUT2D eigenvalue weighted by molar-refractivity contribution is 14.1. The van der Waals surface area contributed by atoms with E-state index in [0.29, 0.717) is 19.5 Å². The second-order valence-corrected chi connectivity index (χ2v) is 6.23. The molecule has 6 nitrogen and oxygen atoms in total. The van der Waals surface area contributed by atoms with E-state index in [0.717, 1.165) is 32.0 Å². The number of carbonyl (C=O) groups is 1. The molecule has 1 aromatic carbocycles. The first-order valence-electron chi connectivity index (χ1n) is 6.91. The third kappa shape index (κ3) is 2.43. The largest absolute Gasteiger partial charge is 0.494 e. The predicted octanol–water partition coefficient (Wildman–Crippen LogP) is 2.83. The highest BCUT2D eigenvalue weighted by atomic mass is 127. The number of amides is 1. The number of fused-ring (bicyclic) bond motifs is 1. The van der Waals surface area contributed by atoms with Gasteiger partial charge in [-0.05, 0) is 41.1 Å². The number of ether oxygens (including phenoxy) is 1. The maximum absolute atomic E-state index is 11.2. The van der Waals surface area contributed by atoms with Gasteiger partial charge in [-0.2, -0.15) is 5.10 Å². The first-order valence-corrected chi connectivity index (χ1v) is 7.99. The molecule has 0 radical (unpaired) electrons. The van der Waals surface area contributed by atoms with Crippen molar-refractivity contribution in [2.45, 2.75) is 19.9 Å². The average molecular weight is 413 g/mol. The molecular formula is C15H16IN3O3. The van der Waals surface area contributed by atoms with Crippen molar-refractivity contribution in [3.8, 4) is 11.4 Å². The van der Waals surface area contributed by atoms with E-state index in [1.807, 2.05) is 29.8 Å². The fourth-order valence-electron chi connectivity index (χ4n) is 2.72. The summed E-state index contributed by atoms with van der Waals surface area (Å²) in [5, 5.41) is 13.9. The van der Waals surface area contributed by atoms with Crippen LogP contribution in [0.15, 0.2) is 18.2 Å². The van der Waals surface area contributed by atoms with Gasteiger partial charge in [-0.15, -0.1) is 0 Å². The van der Waals surface area contributed by atoms with Gasteiger partial charge in [0.15, 0.2) is 0 Å². The van der Waals surface area contributed by atoms with Gasteiger partial charge >= 0.3 is 6.09 Å². The van der Waals surface area contributed by atoms with Crippen molar-refractivity contribution in [3.63, 3.8) is 0 Å². The number of benzene rings is 1. The van der Waals surface area contributed by atoms with E-state index in [-0.39, 0.29) is 0 Å². The molecule has 3 rings (SSSR count). The number of carboxylic acid groups (broad SMARTS) is 1. The fraction of sp³-hybridized carbons (Fsp3) is 0.333. The molecule has 0 unspecified atom stereocenters. The second-order valence-electron chi connectivity index (χ2n) is 5.21. The molecule has 22 heavy (non-hydrogen) atoms. The lowest BCUT2D eigenvalue weighted by molar-refractivity contribution is 0.139. The van der Waals surface area contributed by atoms with E-state index in [1.54, 1.807) is 7.11 Å². The Morgan fingerprint density at radius 3 is 2.91 bits per heavy atom. The van der Waals surface area contributed by atoms with Gasteiger partial charge in [0, 0.05) is 18.5 Å². The third-order valence-corrected chi connectivity index (χ3v) is 4.98. The molecule has 0 atom stereocenters. The summed E-state index contributed by atoms with van der Waals surface area (Å²) in [7, 11) is 1.64. The lowest BCUT2D eigenvalue weighted by atomic mass is 10.1. The zero-order valence-corrected chi connectivity index (χ0v) is 14.5. The number of hydrogen-bond donors (Lipinski definition) is 1. The molecule has 116 valence electrons. The van der Waals surface area contributed by atoms with Crippen LogP contribution in [-0.2, 0) is 13.0 Å². The minimum absolute atomic E-state index is 0.386. The molecule has 1 amide bonds. The van der Waals surface area contributed by atoms with E-state index in [9.17, 15) is 9.90 Å². The van der Waals surface area contributed by atoms with Gasteiger partial charge in [0.1, 0.15) is 15.1 Å². The van der Waals surface area contributed by atoms with Crippen molar-refractivity contribution in [2.24, 2.45) is 0 Å². The van der Waals surface area contributed by atoms with Crippen molar-refractivity contribution in [1.82, 2.24) is 14.7 Å². The molecule has 0 saturated carbocycles. The lowest BCUT2D eigenvalue weighted by Crippen LogP contribution is -2.34. The van der Waals surface area contributed by atoms with Crippen LogP contribution in [0.5, 0.6) is 5.75 Å². The zero-order valence-electron chi connectivity index (χ0n) is 12.3. The summed E-state index contributed by atoms with van der Waals surface area (Å²) < 4.78 is 8.26. The lowest BCUT2D eigenvalue weighted by Gasteiger charge is -2.23. The van der Waals surface area contributed by atoms with E-state index in [1.165, 1.54) is 4.90 Å². The van der Waals surface area contributed by atoms with E-state index < -0.39 is 6.09 Å². The van der Waals surface area contributed by atoms with Crippen molar-refractivity contribution >= 4 is 28.7 Å². The van der Waals surface area contributed by atoms with Crippen LogP contribution in [0, 0.1) is 10.6 Å². The van der Waals surface area contributed by atoms with E-state index >= 15 is 0 Å². The van der Waals surface area contributed by atoms with Gasteiger partial charge in [0.25, 0.3) is 0 Å². The van der Waals surface area contributed by atoms with Crippen LogP contribution in [0.2, 0.25) is 0 Å². The molecule has 2 aromatic rings. The van der Waals surface area contributed by atoms with Crippen molar-refractivity contribution in [1.29, 1.82) is 0 Å². The molecule has 1 N–H and O–H groups in total. The molecule has 0 aliphatic carbocycles. The average Bonchev–Trinajstić information content (AvgIpc) is 2.83. The first kappa shape index (κ1) is 15.1. The standard InChI is InChI=1S/C15H16IN3O3/c1-9-4-3-5-12(22-2)13(9)19-14(16)10-8-18(15(20)21)7-6-11(10)17-19/h3-5H,6-8H2,1-2H3,(H,20,21). The van der Waals surface area contributed by atoms with E-state index in [2.05, 4.69) is 22.6 Å². The Morgan fingerprint density at radius 2 is 2.23 bits per heavy atom. The molecule has 0 bridgehead atoms. The number of aromatic nitrogens is 2. The number of para-hydroxylation sites is 1. The van der Waals surface area contributed by atoms with Crippen LogP contribution < -0.4 is 4.74 Å². The number of halogens is 1. The maximum atomic E-state index is 11.2. The number of aryl methyl sites for hydroxylation is 1. The molecular weight excluding hydrogens is 397 g/mol. The highest BCUT2D eigenvalue weighted by Crippen LogP contribution is 2.31. The Bertz CT molecular complexity index is 742. The number of rotatable bonds is 2. The van der Waals surface area contributed by atoms with Crippen LogP contribution in [0.25, 0.3) is 5.69 Å².